The Morgan fingerprint density at radius 3 is 2.48 bits per heavy atom. The van der Waals surface area contributed by atoms with Gasteiger partial charge in [-0.2, -0.15) is 0 Å². The van der Waals surface area contributed by atoms with Gasteiger partial charge in [-0.25, -0.2) is 0 Å². The molecule has 0 unspecified atom stereocenters. The number of esters is 1. The SMILES string of the molecule is CCOC(=O)CN1C(=O)/C(=C2\SC(=S)N(c3cccc(C)c3C)C2=O)c2ccccc21. The van der Waals surface area contributed by atoms with E-state index in [0.717, 1.165) is 22.9 Å². The maximum Gasteiger partial charge on any atom is 0.326 e. The van der Waals surface area contributed by atoms with E-state index in [2.05, 4.69) is 0 Å². The van der Waals surface area contributed by atoms with E-state index in [1.165, 1.54) is 9.80 Å². The summed E-state index contributed by atoms with van der Waals surface area (Å²) >= 11 is 6.63. The first-order valence-corrected chi connectivity index (χ1v) is 11.0. The van der Waals surface area contributed by atoms with Gasteiger partial charge in [0, 0.05) is 5.56 Å². The second-order valence-electron chi connectivity index (χ2n) is 7.15. The normalized spacial score (nSPS) is 18.1. The van der Waals surface area contributed by atoms with E-state index in [0.29, 0.717) is 21.3 Å². The van der Waals surface area contributed by atoms with Crippen molar-refractivity contribution in [3.8, 4) is 0 Å². The molecule has 0 bridgehead atoms. The number of amides is 2. The van der Waals surface area contributed by atoms with Crippen molar-refractivity contribution in [2.45, 2.75) is 20.8 Å². The monoisotopic (exact) mass is 452 g/mol. The van der Waals surface area contributed by atoms with E-state index in [1.54, 1.807) is 31.2 Å². The summed E-state index contributed by atoms with van der Waals surface area (Å²) in [5.74, 6) is -1.25. The Kier molecular flexibility index (Phi) is 5.68. The Labute approximate surface area is 189 Å². The third kappa shape index (κ3) is 3.55. The van der Waals surface area contributed by atoms with Gasteiger partial charge in [0.25, 0.3) is 11.8 Å². The molecule has 4 rings (SSSR count). The minimum absolute atomic E-state index is 0.218. The quantitative estimate of drug-likeness (QED) is 0.397. The van der Waals surface area contributed by atoms with Crippen LogP contribution in [0, 0.1) is 13.8 Å². The average Bonchev–Trinajstić information content (AvgIpc) is 3.17. The highest BCUT2D eigenvalue weighted by Crippen LogP contribution is 2.46. The summed E-state index contributed by atoms with van der Waals surface area (Å²) in [5, 5.41) is 0. The molecule has 0 radical (unpaired) electrons. The van der Waals surface area contributed by atoms with Crippen molar-refractivity contribution in [3.05, 3.63) is 64.1 Å². The second kappa shape index (κ2) is 8.28. The first kappa shape index (κ1) is 21.3. The first-order chi connectivity index (χ1) is 14.8. The van der Waals surface area contributed by atoms with E-state index >= 15 is 0 Å². The summed E-state index contributed by atoms with van der Waals surface area (Å²) in [7, 11) is 0. The largest absolute Gasteiger partial charge is 0.465 e. The lowest BCUT2D eigenvalue weighted by molar-refractivity contribution is -0.142. The third-order valence-electron chi connectivity index (χ3n) is 5.33. The van der Waals surface area contributed by atoms with Crippen molar-refractivity contribution in [1.29, 1.82) is 0 Å². The van der Waals surface area contributed by atoms with Crippen LogP contribution in [0.5, 0.6) is 0 Å². The van der Waals surface area contributed by atoms with Crippen LogP contribution in [0.1, 0.15) is 23.6 Å². The summed E-state index contributed by atoms with van der Waals surface area (Å²) in [6.45, 7) is 5.63. The molecule has 2 heterocycles. The molecule has 8 heteroatoms. The van der Waals surface area contributed by atoms with Gasteiger partial charge in [0.1, 0.15) is 6.54 Å². The zero-order valence-corrected chi connectivity index (χ0v) is 18.9. The van der Waals surface area contributed by atoms with Crippen LogP contribution in [0.2, 0.25) is 0 Å². The molecule has 0 saturated carbocycles. The van der Waals surface area contributed by atoms with Gasteiger partial charge in [0.15, 0.2) is 4.32 Å². The molecule has 0 aliphatic carbocycles. The number of carbonyl (C=O) groups is 3. The number of thioether (sulfide) groups is 1. The molecule has 6 nitrogen and oxygen atoms in total. The molecule has 1 saturated heterocycles. The second-order valence-corrected chi connectivity index (χ2v) is 8.79. The van der Waals surface area contributed by atoms with Gasteiger partial charge >= 0.3 is 5.97 Å². The van der Waals surface area contributed by atoms with Crippen molar-refractivity contribution >= 4 is 63.0 Å². The smallest absolute Gasteiger partial charge is 0.326 e. The molecule has 2 aromatic carbocycles. The molecule has 1 fully saturated rings. The average molecular weight is 453 g/mol. The number of fused-ring (bicyclic) bond motifs is 1. The highest BCUT2D eigenvalue weighted by Gasteiger charge is 2.43. The van der Waals surface area contributed by atoms with Crippen LogP contribution in [-0.4, -0.2) is 35.3 Å². The van der Waals surface area contributed by atoms with E-state index in [1.807, 2.05) is 32.0 Å². The lowest BCUT2D eigenvalue weighted by atomic mass is 10.1. The summed E-state index contributed by atoms with van der Waals surface area (Å²) in [4.78, 5) is 42.0. The molecule has 0 spiro atoms. The van der Waals surface area contributed by atoms with Gasteiger partial charge in [-0.15, -0.1) is 0 Å². The van der Waals surface area contributed by atoms with Gasteiger partial charge < -0.3 is 4.74 Å². The van der Waals surface area contributed by atoms with Gasteiger partial charge in [0.2, 0.25) is 0 Å². The lowest BCUT2D eigenvalue weighted by Gasteiger charge is -2.18. The lowest BCUT2D eigenvalue weighted by Crippen LogP contribution is -2.34. The molecule has 31 heavy (non-hydrogen) atoms. The van der Waals surface area contributed by atoms with E-state index in [9.17, 15) is 14.4 Å². The third-order valence-corrected chi connectivity index (χ3v) is 6.70. The number of hydrogen-bond donors (Lipinski definition) is 0. The van der Waals surface area contributed by atoms with Crippen LogP contribution >= 0.6 is 24.0 Å². The molecule has 158 valence electrons. The fraction of sp³-hybridized carbons (Fsp3) is 0.217. The fourth-order valence-electron chi connectivity index (χ4n) is 3.70. The predicted molar refractivity (Wildman–Crippen MR) is 126 cm³/mol. The zero-order valence-electron chi connectivity index (χ0n) is 17.3. The van der Waals surface area contributed by atoms with E-state index in [4.69, 9.17) is 17.0 Å². The Morgan fingerprint density at radius 1 is 1.03 bits per heavy atom. The molecule has 2 aliphatic heterocycles. The molecule has 2 amide bonds. The number of carbonyl (C=O) groups excluding carboxylic acids is 3. The maximum atomic E-state index is 13.5. The standard InChI is InChI=1S/C23H20N2O4S2/c1-4-29-18(26)12-24-17-10-6-5-9-15(17)19(21(24)27)20-22(28)25(23(30)31-20)16-11-7-8-13(2)14(16)3/h5-11H,4,12H2,1-3H3/b20-19-. The van der Waals surface area contributed by atoms with E-state index < -0.39 is 11.9 Å². The summed E-state index contributed by atoms with van der Waals surface area (Å²) < 4.78 is 5.39. The van der Waals surface area contributed by atoms with Crippen molar-refractivity contribution in [2.24, 2.45) is 0 Å². The number of aryl methyl sites for hydroxylation is 1. The molecular formula is C23H20N2O4S2. The van der Waals surface area contributed by atoms with Crippen molar-refractivity contribution in [2.75, 3.05) is 23.0 Å². The number of nitrogens with zero attached hydrogens (tertiary/aromatic N) is 2. The molecule has 0 N–H and O–H groups in total. The number of ether oxygens (including phenoxy) is 1. The summed E-state index contributed by atoms with van der Waals surface area (Å²) in [6.07, 6.45) is 0. The van der Waals surface area contributed by atoms with Crippen molar-refractivity contribution in [1.82, 2.24) is 0 Å². The number of anilines is 2. The van der Waals surface area contributed by atoms with Crippen LogP contribution in [0.4, 0.5) is 11.4 Å². The Balaban J connectivity index is 1.79. The van der Waals surface area contributed by atoms with Crippen molar-refractivity contribution in [3.63, 3.8) is 0 Å². The van der Waals surface area contributed by atoms with Crippen LogP contribution in [0.3, 0.4) is 0 Å². The van der Waals surface area contributed by atoms with Gasteiger partial charge in [-0.3, -0.25) is 24.2 Å². The number of thiocarbonyl (C=S) groups is 1. The minimum atomic E-state index is -0.505. The predicted octanol–water partition coefficient (Wildman–Crippen LogP) is 3.99. The fourth-order valence-corrected chi connectivity index (χ4v) is 5.05. The molecule has 0 aromatic heterocycles. The molecule has 0 atom stereocenters. The minimum Gasteiger partial charge on any atom is -0.465 e. The maximum absolute atomic E-state index is 13.5. The highest BCUT2D eigenvalue weighted by molar-refractivity contribution is 8.27. The van der Waals surface area contributed by atoms with Crippen LogP contribution in [-0.2, 0) is 19.1 Å². The topological polar surface area (TPSA) is 66.9 Å². The van der Waals surface area contributed by atoms with Crippen LogP contribution < -0.4 is 9.80 Å². The number of rotatable bonds is 4. The Hall–Kier alpha value is -2.97. The number of benzene rings is 2. The summed E-state index contributed by atoms with van der Waals surface area (Å²) in [6, 6.07) is 12.8. The molecular weight excluding hydrogens is 432 g/mol. The Bertz CT molecular complexity index is 1170. The van der Waals surface area contributed by atoms with Gasteiger partial charge in [-0.1, -0.05) is 54.3 Å². The van der Waals surface area contributed by atoms with Crippen LogP contribution in [0.25, 0.3) is 5.57 Å². The Morgan fingerprint density at radius 2 is 1.74 bits per heavy atom. The first-order valence-electron chi connectivity index (χ1n) is 9.78. The molecule has 2 aliphatic rings. The van der Waals surface area contributed by atoms with Gasteiger partial charge in [-0.05, 0) is 44.0 Å². The number of hydrogen-bond acceptors (Lipinski definition) is 6. The van der Waals surface area contributed by atoms with Gasteiger partial charge in [0.05, 0.1) is 28.5 Å². The zero-order chi connectivity index (χ0) is 22.3. The van der Waals surface area contributed by atoms with E-state index in [-0.39, 0.29) is 29.5 Å². The molecule has 2 aromatic rings. The number of para-hydroxylation sites is 1. The highest BCUT2D eigenvalue weighted by atomic mass is 32.2. The van der Waals surface area contributed by atoms with Crippen molar-refractivity contribution < 1.29 is 19.1 Å². The summed E-state index contributed by atoms with van der Waals surface area (Å²) in [5.41, 5.74) is 4.16. The van der Waals surface area contributed by atoms with Crippen LogP contribution in [0.15, 0.2) is 47.4 Å².